The minimum Gasteiger partial charge on any atom is -0.508 e. The number of phenols is 1. The Balaban J connectivity index is 2.85. The lowest BCUT2D eigenvalue weighted by molar-refractivity contribution is -0.137. The number of amides is 2. The van der Waals surface area contributed by atoms with E-state index in [-0.39, 0.29) is 12.3 Å². The third-order valence-electron chi connectivity index (χ3n) is 2.48. The fourth-order valence-corrected chi connectivity index (χ4v) is 1.50. The maximum absolute atomic E-state index is 12.0. The molecule has 0 aromatic heterocycles. The van der Waals surface area contributed by atoms with Crippen LogP contribution >= 0.6 is 0 Å². The number of phenolic OH excluding ortho intramolecular Hbond substituents is 1. The van der Waals surface area contributed by atoms with Crippen molar-refractivity contribution in [3.8, 4) is 5.75 Å². The Morgan fingerprint density at radius 3 is 2.50 bits per heavy atom. The molecule has 0 aliphatic rings. The molecule has 6 heteroatoms. The van der Waals surface area contributed by atoms with E-state index in [1.165, 1.54) is 29.0 Å². The maximum Gasteiger partial charge on any atom is 0.324 e. The first-order chi connectivity index (χ1) is 8.45. The molecule has 0 radical (unpaired) electrons. The number of carboxylic acid groups (broad SMARTS) is 1. The molecular weight excluding hydrogens is 236 g/mol. The van der Waals surface area contributed by atoms with Gasteiger partial charge in [-0.2, -0.15) is 0 Å². The molecule has 0 spiro atoms. The number of hydrogen-bond acceptors (Lipinski definition) is 3. The van der Waals surface area contributed by atoms with Gasteiger partial charge in [-0.05, 0) is 19.1 Å². The molecule has 1 rings (SSSR count). The Bertz CT molecular complexity index is 447. The third-order valence-corrected chi connectivity index (χ3v) is 2.48. The van der Waals surface area contributed by atoms with Crippen LogP contribution in [0, 0.1) is 0 Å². The van der Waals surface area contributed by atoms with Crippen LogP contribution in [0.4, 0.5) is 10.5 Å². The number of urea groups is 1. The average Bonchev–Trinajstić information content (AvgIpc) is 2.34. The van der Waals surface area contributed by atoms with Gasteiger partial charge < -0.3 is 15.1 Å². The summed E-state index contributed by atoms with van der Waals surface area (Å²) in [6.45, 7) is 1.66. The summed E-state index contributed by atoms with van der Waals surface area (Å²) in [5.74, 6) is -1.01. The van der Waals surface area contributed by atoms with Crippen LogP contribution in [0.5, 0.6) is 5.75 Å². The molecule has 18 heavy (non-hydrogen) atoms. The molecule has 2 N–H and O–H groups in total. The minimum absolute atomic E-state index is 0.0495. The Kier molecular flexibility index (Phi) is 4.53. The molecule has 6 nitrogen and oxygen atoms in total. The van der Waals surface area contributed by atoms with E-state index in [0.29, 0.717) is 12.2 Å². The largest absolute Gasteiger partial charge is 0.508 e. The summed E-state index contributed by atoms with van der Waals surface area (Å²) in [6.07, 6.45) is 0. The number of carbonyl (C=O) groups excluding carboxylic acids is 1. The van der Waals surface area contributed by atoms with Crippen molar-refractivity contribution < 1.29 is 19.8 Å². The van der Waals surface area contributed by atoms with Crippen molar-refractivity contribution in [3.05, 3.63) is 24.3 Å². The maximum atomic E-state index is 12.0. The molecule has 2 amide bonds. The van der Waals surface area contributed by atoms with Crippen molar-refractivity contribution in [1.82, 2.24) is 4.90 Å². The Hall–Kier alpha value is -2.24. The second-order valence-electron chi connectivity index (χ2n) is 3.77. The van der Waals surface area contributed by atoms with E-state index in [2.05, 4.69) is 0 Å². The van der Waals surface area contributed by atoms with E-state index in [0.717, 1.165) is 0 Å². The van der Waals surface area contributed by atoms with Gasteiger partial charge in [-0.25, -0.2) is 4.79 Å². The summed E-state index contributed by atoms with van der Waals surface area (Å²) in [5.41, 5.74) is 0.504. The molecule has 0 saturated carbocycles. The van der Waals surface area contributed by atoms with Gasteiger partial charge in [0.05, 0.1) is 0 Å². The fourth-order valence-electron chi connectivity index (χ4n) is 1.50. The number of aromatic hydroxyl groups is 1. The summed E-state index contributed by atoms with van der Waals surface area (Å²) in [5, 5.41) is 18.0. The lowest BCUT2D eigenvalue weighted by Gasteiger charge is -2.26. The summed E-state index contributed by atoms with van der Waals surface area (Å²) in [6, 6.07) is 5.78. The number of anilines is 1. The summed E-state index contributed by atoms with van der Waals surface area (Å²) >= 11 is 0. The van der Waals surface area contributed by atoms with E-state index in [1.54, 1.807) is 19.1 Å². The van der Waals surface area contributed by atoms with Crippen molar-refractivity contribution in [3.63, 3.8) is 0 Å². The lowest BCUT2D eigenvalue weighted by atomic mass is 10.3. The van der Waals surface area contributed by atoms with Gasteiger partial charge in [0.2, 0.25) is 0 Å². The molecular formula is C12H16N2O4. The molecule has 1 aromatic carbocycles. The van der Waals surface area contributed by atoms with E-state index in [1.807, 2.05) is 0 Å². The quantitative estimate of drug-likeness (QED) is 0.847. The number of carbonyl (C=O) groups is 2. The average molecular weight is 252 g/mol. The first-order valence-corrected chi connectivity index (χ1v) is 5.49. The van der Waals surface area contributed by atoms with E-state index in [9.17, 15) is 14.7 Å². The van der Waals surface area contributed by atoms with Crippen LogP contribution in [0.1, 0.15) is 6.92 Å². The number of hydrogen-bond donors (Lipinski definition) is 2. The van der Waals surface area contributed by atoms with Crippen molar-refractivity contribution in [1.29, 1.82) is 0 Å². The zero-order chi connectivity index (χ0) is 13.7. The van der Waals surface area contributed by atoms with Crippen LogP contribution < -0.4 is 4.90 Å². The number of likely N-dealkylation sites (N-methyl/N-ethyl adjacent to an activating group) is 1. The molecule has 0 bridgehead atoms. The van der Waals surface area contributed by atoms with Gasteiger partial charge >= 0.3 is 12.0 Å². The van der Waals surface area contributed by atoms with E-state index < -0.39 is 12.0 Å². The highest BCUT2D eigenvalue weighted by molar-refractivity contribution is 5.93. The van der Waals surface area contributed by atoms with Crippen LogP contribution in [-0.2, 0) is 4.79 Å². The van der Waals surface area contributed by atoms with Gasteiger partial charge in [0.1, 0.15) is 12.3 Å². The summed E-state index contributed by atoms with van der Waals surface area (Å²) in [7, 11) is 1.53. The second kappa shape index (κ2) is 5.90. The Morgan fingerprint density at radius 1 is 1.33 bits per heavy atom. The predicted molar refractivity (Wildman–Crippen MR) is 66.8 cm³/mol. The molecule has 1 aromatic rings. The third kappa shape index (κ3) is 3.38. The first kappa shape index (κ1) is 13.8. The molecule has 0 heterocycles. The highest BCUT2D eigenvalue weighted by Gasteiger charge is 2.20. The van der Waals surface area contributed by atoms with E-state index in [4.69, 9.17) is 5.11 Å². The van der Waals surface area contributed by atoms with Crippen molar-refractivity contribution >= 4 is 17.7 Å². The number of aliphatic carboxylic acids is 1. The molecule has 0 aliphatic carbocycles. The molecule has 0 atom stereocenters. The zero-order valence-electron chi connectivity index (χ0n) is 10.3. The molecule has 0 fully saturated rings. The highest BCUT2D eigenvalue weighted by Crippen LogP contribution is 2.19. The van der Waals surface area contributed by atoms with Crippen LogP contribution in [0.15, 0.2) is 24.3 Å². The minimum atomic E-state index is -1.06. The topological polar surface area (TPSA) is 81.1 Å². The first-order valence-electron chi connectivity index (χ1n) is 5.49. The smallest absolute Gasteiger partial charge is 0.324 e. The van der Waals surface area contributed by atoms with Gasteiger partial charge in [-0.1, -0.05) is 6.07 Å². The van der Waals surface area contributed by atoms with E-state index >= 15 is 0 Å². The van der Waals surface area contributed by atoms with Gasteiger partial charge in [0.25, 0.3) is 0 Å². The lowest BCUT2D eigenvalue weighted by Crippen LogP contribution is -2.43. The van der Waals surface area contributed by atoms with Crippen molar-refractivity contribution in [2.45, 2.75) is 6.92 Å². The zero-order valence-corrected chi connectivity index (χ0v) is 10.3. The van der Waals surface area contributed by atoms with Gasteiger partial charge in [-0.3, -0.25) is 9.69 Å². The van der Waals surface area contributed by atoms with Crippen LogP contribution in [-0.4, -0.2) is 47.3 Å². The monoisotopic (exact) mass is 252 g/mol. The standard InChI is InChI=1S/C12H16N2O4/c1-3-14(8-11(16)17)12(18)13(2)9-5-4-6-10(15)7-9/h4-7,15H,3,8H2,1-2H3,(H,16,17). The van der Waals surface area contributed by atoms with Crippen LogP contribution in [0.3, 0.4) is 0 Å². The highest BCUT2D eigenvalue weighted by atomic mass is 16.4. The molecule has 0 aliphatic heterocycles. The molecule has 98 valence electrons. The normalized spacial score (nSPS) is 9.89. The number of carboxylic acids is 1. The summed E-state index contributed by atoms with van der Waals surface area (Å²) < 4.78 is 0. The van der Waals surface area contributed by atoms with Gasteiger partial charge in [0, 0.05) is 25.3 Å². The number of nitrogens with zero attached hydrogens (tertiary/aromatic N) is 2. The SMILES string of the molecule is CCN(CC(=O)O)C(=O)N(C)c1cccc(O)c1. The number of rotatable bonds is 4. The Labute approximate surface area is 105 Å². The van der Waals surface area contributed by atoms with Crippen molar-refractivity contribution in [2.75, 3.05) is 25.0 Å². The van der Waals surface area contributed by atoms with Crippen LogP contribution in [0.2, 0.25) is 0 Å². The van der Waals surface area contributed by atoms with Crippen LogP contribution in [0.25, 0.3) is 0 Å². The Morgan fingerprint density at radius 2 is 2.00 bits per heavy atom. The van der Waals surface area contributed by atoms with Crippen molar-refractivity contribution in [2.24, 2.45) is 0 Å². The molecule has 0 saturated heterocycles. The van der Waals surface area contributed by atoms with Gasteiger partial charge in [-0.15, -0.1) is 0 Å². The summed E-state index contributed by atoms with van der Waals surface area (Å²) in [4.78, 5) is 25.2. The number of benzene rings is 1. The molecule has 0 unspecified atom stereocenters. The fraction of sp³-hybridized carbons (Fsp3) is 0.333. The van der Waals surface area contributed by atoms with Gasteiger partial charge in [0.15, 0.2) is 0 Å². The second-order valence-corrected chi connectivity index (χ2v) is 3.77. The predicted octanol–water partition coefficient (Wildman–Crippen LogP) is 1.35.